The van der Waals surface area contributed by atoms with Gasteiger partial charge >= 0.3 is 0 Å². The quantitative estimate of drug-likeness (QED) is 0.771. The molecule has 0 saturated carbocycles. The summed E-state index contributed by atoms with van der Waals surface area (Å²) in [4.78, 5) is 1.43. The van der Waals surface area contributed by atoms with Gasteiger partial charge in [0.15, 0.2) is 0 Å². The maximum absolute atomic E-state index is 3.56. The Labute approximate surface area is 99.9 Å². The number of hydrogen-bond acceptors (Lipinski definition) is 2. The molecule has 1 aromatic carbocycles. The summed E-state index contributed by atoms with van der Waals surface area (Å²) in [5, 5.41) is 5.69. The van der Waals surface area contributed by atoms with Gasteiger partial charge in [0.05, 0.1) is 0 Å². The molecule has 1 aliphatic heterocycles. The van der Waals surface area contributed by atoms with Crippen LogP contribution in [0.1, 0.15) is 10.4 Å². The number of thiophene rings is 1. The van der Waals surface area contributed by atoms with Crippen LogP contribution in [0.3, 0.4) is 0 Å². The third-order valence-corrected chi connectivity index (χ3v) is 3.71. The average molecular weight is 225 g/mol. The molecule has 2 aromatic rings. The Morgan fingerprint density at radius 2 is 2.06 bits per heavy atom. The number of rotatable bonds is 2. The van der Waals surface area contributed by atoms with Crippen LogP contribution in [0.15, 0.2) is 47.8 Å². The maximum Gasteiger partial charge on any atom is 0.283 e. The lowest BCUT2D eigenvalue weighted by Gasteiger charge is -2.18. The lowest BCUT2D eigenvalue weighted by Crippen LogP contribution is -2.27. The van der Waals surface area contributed by atoms with E-state index in [1.807, 2.05) is 11.3 Å². The molecule has 0 fully saturated rings. The van der Waals surface area contributed by atoms with E-state index in [4.69, 9.17) is 0 Å². The first-order chi connectivity index (χ1) is 7.92. The van der Waals surface area contributed by atoms with E-state index in [1.54, 1.807) is 0 Å². The maximum atomic E-state index is 3.56. The predicted molar refractivity (Wildman–Crippen MR) is 72.9 cm³/mol. The van der Waals surface area contributed by atoms with Crippen molar-refractivity contribution in [2.45, 2.75) is 6.32 Å². The van der Waals surface area contributed by atoms with Crippen molar-refractivity contribution in [1.82, 2.24) is 0 Å². The second-order valence-electron chi connectivity index (χ2n) is 3.98. The molecule has 78 valence electrons. The molecule has 1 N–H and O–H groups in total. The number of benzene rings is 1. The zero-order valence-electron chi connectivity index (χ0n) is 8.89. The third-order valence-electron chi connectivity index (χ3n) is 2.81. The van der Waals surface area contributed by atoms with Gasteiger partial charge in [-0.05, 0) is 34.3 Å². The lowest BCUT2D eigenvalue weighted by atomic mass is 9.57. The largest absolute Gasteiger partial charge is 0.424 e. The van der Waals surface area contributed by atoms with E-state index in [1.165, 1.54) is 16.1 Å². The summed E-state index contributed by atoms with van der Waals surface area (Å²) in [6, 6.07) is 12.7. The zero-order valence-corrected chi connectivity index (χ0v) is 9.71. The van der Waals surface area contributed by atoms with Gasteiger partial charge in [-0.15, -0.1) is 11.3 Å². The molecule has 3 heteroatoms. The van der Waals surface area contributed by atoms with Crippen molar-refractivity contribution >= 4 is 29.9 Å². The van der Waals surface area contributed by atoms with Crippen LogP contribution in [0.5, 0.6) is 0 Å². The van der Waals surface area contributed by atoms with Crippen LogP contribution in [-0.4, -0.2) is 6.85 Å². The Kier molecular flexibility index (Phi) is 2.54. The molecule has 0 aliphatic carbocycles. The van der Waals surface area contributed by atoms with Crippen LogP contribution in [0.4, 0.5) is 5.69 Å². The highest BCUT2D eigenvalue weighted by Crippen LogP contribution is 2.23. The molecule has 0 spiro atoms. The topological polar surface area (TPSA) is 12.0 Å². The normalized spacial score (nSPS) is 13.4. The van der Waals surface area contributed by atoms with E-state index in [0.29, 0.717) is 6.85 Å². The number of anilines is 1. The fourth-order valence-electron chi connectivity index (χ4n) is 2.01. The summed E-state index contributed by atoms with van der Waals surface area (Å²) < 4.78 is 0. The second-order valence-corrected chi connectivity index (χ2v) is 5.01. The minimum Gasteiger partial charge on any atom is -0.424 e. The fourth-order valence-corrected chi connectivity index (χ4v) is 2.77. The van der Waals surface area contributed by atoms with Gasteiger partial charge in [0.2, 0.25) is 0 Å². The van der Waals surface area contributed by atoms with Gasteiger partial charge in [-0.1, -0.05) is 36.3 Å². The van der Waals surface area contributed by atoms with Gasteiger partial charge in [-0.25, -0.2) is 0 Å². The number of nitrogens with one attached hydrogen (secondary N) is 1. The van der Waals surface area contributed by atoms with Crippen molar-refractivity contribution in [3.63, 3.8) is 0 Å². The number of fused-ring (bicyclic) bond motifs is 1. The smallest absolute Gasteiger partial charge is 0.283 e. The molecule has 2 heterocycles. The molecule has 0 atom stereocenters. The van der Waals surface area contributed by atoms with Gasteiger partial charge in [0.25, 0.3) is 6.85 Å². The van der Waals surface area contributed by atoms with Crippen molar-refractivity contribution in [3.05, 3.63) is 58.2 Å². The Balaban J connectivity index is 1.78. The van der Waals surface area contributed by atoms with Crippen LogP contribution in [-0.2, 0) is 6.32 Å². The molecular formula is C13H12BNS. The summed E-state index contributed by atoms with van der Waals surface area (Å²) in [5.41, 5.74) is 2.52. The van der Waals surface area contributed by atoms with Gasteiger partial charge in [-0.3, -0.25) is 0 Å². The van der Waals surface area contributed by atoms with Crippen molar-refractivity contribution in [2.75, 3.05) is 5.23 Å². The van der Waals surface area contributed by atoms with E-state index in [9.17, 15) is 0 Å². The molecule has 0 radical (unpaired) electrons. The number of para-hydroxylation sites is 1. The van der Waals surface area contributed by atoms with E-state index in [-0.39, 0.29) is 0 Å². The van der Waals surface area contributed by atoms with Gasteiger partial charge in [0, 0.05) is 5.69 Å². The van der Waals surface area contributed by atoms with Gasteiger partial charge < -0.3 is 5.23 Å². The molecule has 1 aliphatic rings. The van der Waals surface area contributed by atoms with Gasteiger partial charge in [0.1, 0.15) is 0 Å². The van der Waals surface area contributed by atoms with Crippen LogP contribution in [0, 0.1) is 0 Å². The average Bonchev–Trinajstić information content (AvgIpc) is 2.82. The van der Waals surface area contributed by atoms with Crippen LogP contribution in [0.25, 0.3) is 6.08 Å². The Hall–Kier alpha value is -1.48. The summed E-state index contributed by atoms with van der Waals surface area (Å²) in [6.45, 7) is 0.425. The summed E-state index contributed by atoms with van der Waals surface area (Å²) in [7, 11) is 0. The first-order valence-electron chi connectivity index (χ1n) is 5.48. The van der Waals surface area contributed by atoms with Crippen LogP contribution < -0.4 is 5.23 Å². The molecule has 0 saturated heterocycles. The Morgan fingerprint density at radius 1 is 1.12 bits per heavy atom. The molecule has 1 aromatic heterocycles. The van der Waals surface area contributed by atoms with Crippen molar-refractivity contribution in [2.24, 2.45) is 0 Å². The molecule has 0 bridgehead atoms. The summed E-state index contributed by atoms with van der Waals surface area (Å²) in [6.07, 6.45) is 3.28. The highest BCUT2D eigenvalue weighted by molar-refractivity contribution is 7.10. The Morgan fingerprint density at radius 3 is 2.94 bits per heavy atom. The second kappa shape index (κ2) is 4.18. The van der Waals surface area contributed by atoms with Crippen LogP contribution in [0.2, 0.25) is 0 Å². The third kappa shape index (κ3) is 1.91. The van der Waals surface area contributed by atoms with E-state index < -0.39 is 0 Å². The van der Waals surface area contributed by atoms with Crippen molar-refractivity contribution in [1.29, 1.82) is 0 Å². The molecule has 16 heavy (non-hydrogen) atoms. The standard InChI is InChI=1S/C13H12BNS/c1-2-6-13-11(4-1)7-8-14(15-13)10-12-5-3-9-16-12/h1-9,15H,10H2. The fraction of sp³-hybridized carbons (Fsp3) is 0.0769. The summed E-state index contributed by atoms with van der Waals surface area (Å²) in [5.74, 6) is 2.25. The molecular weight excluding hydrogens is 213 g/mol. The Bertz CT molecular complexity index is 504. The predicted octanol–water partition coefficient (Wildman–Crippen LogP) is 3.50. The van der Waals surface area contributed by atoms with Crippen molar-refractivity contribution < 1.29 is 0 Å². The molecule has 1 nitrogen and oxygen atoms in total. The minimum absolute atomic E-state index is 0.425. The highest BCUT2D eigenvalue weighted by Gasteiger charge is 2.17. The molecule has 0 amide bonds. The minimum atomic E-state index is 0.425. The zero-order chi connectivity index (χ0) is 10.8. The molecule has 0 unspecified atom stereocenters. The van der Waals surface area contributed by atoms with Gasteiger partial charge in [-0.2, -0.15) is 0 Å². The lowest BCUT2D eigenvalue weighted by molar-refractivity contribution is 1.44. The van der Waals surface area contributed by atoms with Crippen molar-refractivity contribution in [3.8, 4) is 0 Å². The monoisotopic (exact) mass is 225 g/mol. The first kappa shape index (κ1) is 9.73. The first-order valence-corrected chi connectivity index (χ1v) is 6.36. The van der Waals surface area contributed by atoms with E-state index >= 15 is 0 Å². The number of hydrogen-bond donors (Lipinski definition) is 1. The van der Waals surface area contributed by atoms with Crippen LogP contribution >= 0.6 is 11.3 Å². The summed E-state index contributed by atoms with van der Waals surface area (Å²) >= 11 is 1.82. The van der Waals surface area contributed by atoms with E-state index in [0.717, 1.165) is 6.32 Å². The SMILES string of the molecule is C1=Cc2ccccc2NB1Cc1cccs1. The molecule has 3 rings (SSSR count). The van der Waals surface area contributed by atoms with E-state index in [2.05, 4.69) is 59.1 Å². The highest BCUT2D eigenvalue weighted by atomic mass is 32.1.